The summed E-state index contributed by atoms with van der Waals surface area (Å²) in [6.45, 7) is 15.6. The van der Waals surface area contributed by atoms with Crippen LogP contribution in [0.5, 0.6) is 0 Å². The summed E-state index contributed by atoms with van der Waals surface area (Å²) in [6.07, 6.45) is 14.1. The summed E-state index contributed by atoms with van der Waals surface area (Å²) in [4.78, 5) is 45.1. The molecule has 0 aliphatic heterocycles. The van der Waals surface area contributed by atoms with Crippen LogP contribution in [0.4, 0.5) is 0 Å². The zero-order valence-electron chi connectivity index (χ0n) is 25.4. The maximum absolute atomic E-state index is 12.0. The minimum Gasteiger partial charge on any atom is -0.478 e. The monoisotopic (exact) mass is 566 g/mol. The molecular formula is C33H42O8. The lowest BCUT2D eigenvalue weighted by molar-refractivity contribution is -0.132. The van der Waals surface area contributed by atoms with Crippen molar-refractivity contribution in [2.45, 2.75) is 86.4 Å². The van der Waals surface area contributed by atoms with E-state index in [0.717, 1.165) is 12.2 Å². The van der Waals surface area contributed by atoms with Crippen LogP contribution >= 0.6 is 0 Å². The molecule has 0 saturated heterocycles. The van der Waals surface area contributed by atoms with Crippen molar-refractivity contribution >= 4 is 23.5 Å². The number of Topliss-reactive ketones (excluding diaryl/α,β-unsaturated/α-hetero) is 2. The molecule has 4 N–H and O–H groups in total. The average molecular weight is 567 g/mol. The maximum atomic E-state index is 12.0. The lowest BCUT2D eigenvalue weighted by atomic mass is 9.62. The molecule has 8 nitrogen and oxygen atoms in total. The number of hydrogen-bond acceptors (Lipinski definition) is 6. The first kappa shape index (κ1) is 35.2. The van der Waals surface area contributed by atoms with Crippen LogP contribution in [0.3, 0.4) is 0 Å². The number of aliphatic hydroxyl groups is 2. The molecule has 0 fully saturated rings. The van der Waals surface area contributed by atoms with Crippen LogP contribution in [-0.2, 0) is 19.2 Å². The number of carbonyl (C=O) groups excluding carboxylic acids is 2. The number of allylic oxidation sites excluding steroid dienone is 6. The van der Waals surface area contributed by atoms with E-state index >= 15 is 0 Å². The molecule has 0 aromatic heterocycles. The van der Waals surface area contributed by atoms with E-state index in [1.54, 1.807) is 60.6 Å². The van der Waals surface area contributed by atoms with E-state index in [-0.39, 0.29) is 30.0 Å². The third-order valence-electron chi connectivity index (χ3n) is 8.07. The fraction of sp³-hybridized carbons (Fsp3) is 0.455. The Morgan fingerprint density at radius 3 is 1.49 bits per heavy atom. The third-order valence-corrected chi connectivity index (χ3v) is 8.07. The van der Waals surface area contributed by atoms with E-state index in [1.807, 2.05) is 13.8 Å². The molecule has 0 bridgehead atoms. The van der Waals surface area contributed by atoms with Gasteiger partial charge in [0.2, 0.25) is 0 Å². The van der Waals surface area contributed by atoms with Gasteiger partial charge in [-0.05, 0) is 74.6 Å². The minimum absolute atomic E-state index is 0.0448. The lowest BCUT2D eigenvalue weighted by Gasteiger charge is -2.45. The largest absolute Gasteiger partial charge is 0.478 e. The van der Waals surface area contributed by atoms with Gasteiger partial charge in [-0.2, -0.15) is 0 Å². The normalized spacial score (nSPS) is 26.7. The zero-order chi connectivity index (χ0) is 32.1. The van der Waals surface area contributed by atoms with Crippen LogP contribution in [0, 0.1) is 23.2 Å². The highest BCUT2D eigenvalue weighted by Gasteiger charge is 2.50. The fourth-order valence-electron chi connectivity index (χ4n) is 5.08. The highest BCUT2D eigenvalue weighted by Crippen LogP contribution is 2.47. The second-order valence-corrected chi connectivity index (χ2v) is 12.0. The van der Waals surface area contributed by atoms with Crippen molar-refractivity contribution in [1.82, 2.24) is 0 Å². The summed E-state index contributed by atoms with van der Waals surface area (Å²) in [7, 11) is 0. The van der Waals surface area contributed by atoms with Gasteiger partial charge in [0.05, 0.1) is 5.57 Å². The summed E-state index contributed by atoms with van der Waals surface area (Å²) in [5, 5.41) is 39.4. The number of hydrogen-bond donors (Lipinski definition) is 4. The van der Waals surface area contributed by atoms with Crippen molar-refractivity contribution < 1.29 is 39.6 Å². The van der Waals surface area contributed by atoms with Gasteiger partial charge in [0.15, 0.2) is 11.6 Å². The van der Waals surface area contributed by atoms with Gasteiger partial charge in [-0.15, -0.1) is 6.42 Å². The van der Waals surface area contributed by atoms with Gasteiger partial charge >= 0.3 is 11.9 Å². The molecule has 222 valence electrons. The van der Waals surface area contributed by atoms with Gasteiger partial charge in [0.25, 0.3) is 0 Å². The second kappa shape index (κ2) is 12.8. The number of rotatable bonds is 6. The van der Waals surface area contributed by atoms with E-state index in [0.29, 0.717) is 27.9 Å². The standard InChI is InChI=1S/C17H20O4.C16H22O4/c1-6-13-12(3)17(21,16(4,5)10-14(13)18)8-7-11(2)9-15(19)20;1-10(8-14(18)19)6-7-16(20)12(3)11(2)13(17)9-15(16,4)5/h1,7-9,21H,10H2,2-5H3,(H,19,20);6-8,20H,9H2,1-5H3,(H,18,19)/b8-7+,11-9-;7-6+,10-8-/t17-;16-/m11/s1. The van der Waals surface area contributed by atoms with Crippen molar-refractivity contribution in [3.8, 4) is 12.3 Å². The Hall–Kier alpha value is -3.80. The molecule has 2 atom stereocenters. The molecule has 2 aliphatic carbocycles. The van der Waals surface area contributed by atoms with Crippen molar-refractivity contribution in [1.29, 1.82) is 0 Å². The number of carboxylic acids is 2. The molecule has 2 aliphatic rings. The molecule has 8 heteroatoms. The van der Waals surface area contributed by atoms with E-state index in [4.69, 9.17) is 16.6 Å². The molecule has 0 aromatic rings. The first-order valence-corrected chi connectivity index (χ1v) is 13.1. The highest BCUT2D eigenvalue weighted by molar-refractivity contribution is 6.02. The lowest BCUT2D eigenvalue weighted by Crippen LogP contribution is -2.49. The molecule has 0 saturated carbocycles. The molecule has 0 unspecified atom stereocenters. The predicted molar refractivity (Wildman–Crippen MR) is 158 cm³/mol. The molecular weight excluding hydrogens is 524 g/mol. The van der Waals surface area contributed by atoms with Gasteiger partial charge in [-0.3, -0.25) is 9.59 Å². The van der Waals surface area contributed by atoms with Gasteiger partial charge < -0.3 is 20.4 Å². The van der Waals surface area contributed by atoms with E-state index < -0.39 is 34.0 Å². The summed E-state index contributed by atoms with van der Waals surface area (Å²) in [5.74, 6) is 0.148. The van der Waals surface area contributed by atoms with E-state index in [9.17, 15) is 29.4 Å². The molecule has 0 radical (unpaired) electrons. The highest BCUT2D eigenvalue weighted by atomic mass is 16.4. The number of terminal acetylenes is 1. The van der Waals surface area contributed by atoms with Crippen molar-refractivity contribution in [3.63, 3.8) is 0 Å². The van der Waals surface area contributed by atoms with Crippen molar-refractivity contribution in [2.24, 2.45) is 10.8 Å². The van der Waals surface area contributed by atoms with Gasteiger partial charge in [-0.25, -0.2) is 9.59 Å². The number of aliphatic carboxylic acids is 2. The Balaban J connectivity index is 0.000000410. The van der Waals surface area contributed by atoms with Crippen LogP contribution in [-0.4, -0.2) is 55.1 Å². The zero-order valence-corrected chi connectivity index (χ0v) is 25.4. The van der Waals surface area contributed by atoms with E-state index in [1.165, 1.54) is 12.2 Å². The Bertz CT molecular complexity index is 1350. The average Bonchev–Trinajstić information content (AvgIpc) is 2.82. The summed E-state index contributed by atoms with van der Waals surface area (Å²) >= 11 is 0. The topological polar surface area (TPSA) is 149 Å². The van der Waals surface area contributed by atoms with Crippen LogP contribution < -0.4 is 0 Å². The first-order valence-electron chi connectivity index (χ1n) is 13.1. The summed E-state index contributed by atoms with van der Waals surface area (Å²) in [6, 6.07) is 0. The van der Waals surface area contributed by atoms with Crippen LogP contribution in [0.2, 0.25) is 0 Å². The van der Waals surface area contributed by atoms with E-state index in [2.05, 4.69) is 5.92 Å². The van der Waals surface area contributed by atoms with Gasteiger partial charge in [0.1, 0.15) is 11.2 Å². The van der Waals surface area contributed by atoms with Crippen LogP contribution in [0.25, 0.3) is 0 Å². The summed E-state index contributed by atoms with van der Waals surface area (Å²) in [5.41, 5.74) is -1.17. The molecule has 0 spiro atoms. The van der Waals surface area contributed by atoms with Crippen LogP contribution in [0.1, 0.15) is 75.2 Å². The van der Waals surface area contributed by atoms with Crippen LogP contribution in [0.15, 0.2) is 69.9 Å². The van der Waals surface area contributed by atoms with Gasteiger partial charge in [0, 0.05) is 35.8 Å². The quantitative estimate of drug-likeness (QED) is 0.202. The van der Waals surface area contributed by atoms with Crippen molar-refractivity contribution in [2.75, 3.05) is 0 Å². The Morgan fingerprint density at radius 2 is 1.12 bits per heavy atom. The Morgan fingerprint density at radius 1 is 0.756 bits per heavy atom. The number of carboxylic acid groups (broad SMARTS) is 2. The Labute approximate surface area is 242 Å². The molecule has 2 rings (SSSR count). The smallest absolute Gasteiger partial charge is 0.328 e. The first-order chi connectivity index (χ1) is 18.6. The minimum atomic E-state index is -1.39. The molecule has 0 heterocycles. The Kier molecular flexibility index (Phi) is 11.0. The predicted octanol–water partition coefficient (Wildman–Crippen LogP) is 4.89. The molecule has 0 amide bonds. The summed E-state index contributed by atoms with van der Waals surface area (Å²) < 4.78 is 0. The second-order valence-electron chi connectivity index (χ2n) is 12.0. The number of carbonyl (C=O) groups is 4. The molecule has 41 heavy (non-hydrogen) atoms. The number of ketones is 2. The van der Waals surface area contributed by atoms with Gasteiger partial charge in [-0.1, -0.05) is 45.8 Å². The van der Waals surface area contributed by atoms with Crippen molar-refractivity contribution in [3.05, 3.63) is 69.9 Å². The molecule has 0 aromatic carbocycles. The maximum Gasteiger partial charge on any atom is 0.328 e. The fourth-order valence-corrected chi connectivity index (χ4v) is 5.08. The third kappa shape index (κ3) is 7.69. The SMILES string of the molecule is C#CC1=C(C)[C@](O)(/C=C/C(C)=C\C(=O)O)C(C)(C)CC1=O.CC1=C(C)[C@](O)(/C=C/C(C)=C\C(=O)O)C(C)(C)CC1=O.